The molecule has 5 heteroatoms. The van der Waals surface area contributed by atoms with Gasteiger partial charge in [-0.3, -0.25) is 10.1 Å². The molecule has 0 aromatic heterocycles. The minimum Gasteiger partial charge on any atom is -0.335 e. The Balaban J connectivity index is 2.56. The summed E-state index contributed by atoms with van der Waals surface area (Å²) in [7, 11) is 0. The first-order chi connectivity index (χ1) is 11.4. The first-order valence-electron chi connectivity index (χ1n) is 8.79. The summed E-state index contributed by atoms with van der Waals surface area (Å²) in [6.07, 6.45) is 1.83. The van der Waals surface area contributed by atoms with Crippen LogP contribution in [0.1, 0.15) is 58.2 Å². The zero-order chi connectivity index (χ0) is 18.1. The third-order valence-electron chi connectivity index (χ3n) is 4.14. The summed E-state index contributed by atoms with van der Waals surface area (Å²) in [5.41, 5.74) is 2.44. The van der Waals surface area contributed by atoms with Gasteiger partial charge in [-0.2, -0.15) is 0 Å². The van der Waals surface area contributed by atoms with E-state index in [1.165, 1.54) is 5.56 Å². The third-order valence-corrected chi connectivity index (χ3v) is 4.14. The van der Waals surface area contributed by atoms with E-state index in [-0.39, 0.29) is 24.5 Å². The average Bonchev–Trinajstić information content (AvgIpc) is 2.54. The van der Waals surface area contributed by atoms with Crippen molar-refractivity contribution in [3.05, 3.63) is 35.4 Å². The van der Waals surface area contributed by atoms with Gasteiger partial charge in [-0.05, 0) is 36.8 Å². The van der Waals surface area contributed by atoms with Crippen molar-refractivity contribution in [1.82, 2.24) is 16.0 Å². The molecular weight excluding hydrogens is 302 g/mol. The summed E-state index contributed by atoms with van der Waals surface area (Å²) < 4.78 is 0. The Labute approximate surface area is 145 Å². The van der Waals surface area contributed by atoms with Crippen LogP contribution in [0.2, 0.25) is 0 Å². The predicted octanol–water partition coefficient (Wildman–Crippen LogP) is 3.16. The summed E-state index contributed by atoms with van der Waals surface area (Å²) in [4.78, 5) is 23.6. The highest BCUT2D eigenvalue weighted by Gasteiger charge is 2.17. The molecule has 1 rings (SSSR count). The summed E-state index contributed by atoms with van der Waals surface area (Å²) in [6, 6.07) is 8.11. The van der Waals surface area contributed by atoms with E-state index in [2.05, 4.69) is 61.0 Å². The molecule has 5 nitrogen and oxygen atoms in total. The van der Waals surface area contributed by atoms with Gasteiger partial charge in [-0.15, -0.1) is 0 Å². The van der Waals surface area contributed by atoms with Crippen molar-refractivity contribution in [2.75, 3.05) is 6.54 Å². The highest BCUT2D eigenvalue weighted by atomic mass is 16.2. The molecule has 0 saturated carbocycles. The fourth-order valence-electron chi connectivity index (χ4n) is 2.43. The van der Waals surface area contributed by atoms with Gasteiger partial charge in [0, 0.05) is 12.1 Å². The number of rotatable bonds is 8. The molecule has 1 aromatic carbocycles. The van der Waals surface area contributed by atoms with Crippen LogP contribution < -0.4 is 16.0 Å². The van der Waals surface area contributed by atoms with Crippen molar-refractivity contribution in [2.45, 2.75) is 59.5 Å². The second-order valence-corrected chi connectivity index (χ2v) is 6.53. The highest BCUT2D eigenvalue weighted by molar-refractivity contribution is 5.95. The second-order valence-electron chi connectivity index (χ2n) is 6.53. The normalized spacial score (nSPS) is 13.4. The van der Waals surface area contributed by atoms with Gasteiger partial charge in [0.1, 0.15) is 0 Å². The first-order valence-corrected chi connectivity index (χ1v) is 8.79. The van der Waals surface area contributed by atoms with Crippen molar-refractivity contribution < 1.29 is 9.59 Å². The van der Waals surface area contributed by atoms with Crippen LogP contribution in [0, 0.1) is 5.92 Å². The number of carbonyl (C=O) groups excluding carboxylic acids is 2. The Kier molecular flexibility index (Phi) is 8.47. The molecule has 0 saturated heterocycles. The Hall–Kier alpha value is -1.88. The topological polar surface area (TPSA) is 70.2 Å². The Bertz CT molecular complexity index is 526. The summed E-state index contributed by atoms with van der Waals surface area (Å²) in [6.45, 7) is 10.3. The smallest absolute Gasteiger partial charge is 0.321 e. The number of urea groups is 1. The van der Waals surface area contributed by atoms with Crippen molar-refractivity contribution >= 4 is 11.9 Å². The first kappa shape index (κ1) is 20.2. The number of nitrogens with one attached hydrogen (secondary N) is 3. The Morgan fingerprint density at radius 1 is 1.04 bits per heavy atom. The lowest BCUT2D eigenvalue weighted by molar-refractivity contribution is -0.119. The van der Waals surface area contributed by atoms with Crippen molar-refractivity contribution in [3.8, 4) is 0 Å². The van der Waals surface area contributed by atoms with Crippen molar-refractivity contribution in [1.29, 1.82) is 0 Å². The highest BCUT2D eigenvalue weighted by Crippen LogP contribution is 2.21. The largest absolute Gasteiger partial charge is 0.335 e. The fourth-order valence-corrected chi connectivity index (χ4v) is 2.43. The molecule has 0 heterocycles. The summed E-state index contributed by atoms with van der Waals surface area (Å²) in [5, 5.41) is 8.33. The maximum atomic E-state index is 11.9. The lowest BCUT2D eigenvalue weighted by Gasteiger charge is -2.23. The summed E-state index contributed by atoms with van der Waals surface area (Å²) in [5.74, 6) is 0.00541. The lowest BCUT2D eigenvalue weighted by Crippen LogP contribution is -2.46. The molecule has 0 bridgehead atoms. The number of carbonyl (C=O) groups is 2. The van der Waals surface area contributed by atoms with E-state index < -0.39 is 6.03 Å². The molecule has 3 N–H and O–H groups in total. The number of benzene rings is 1. The van der Waals surface area contributed by atoms with Crippen LogP contribution in [0.5, 0.6) is 0 Å². The zero-order valence-electron chi connectivity index (χ0n) is 15.5. The number of hydrogen-bond acceptors (Lipinski definition) is 3. The molecule has 0 aliphatic carbocycles. The number of imide groups is 1. The quantitative estimate of drug-likeness (QED) is 0.684. The maximum Gasteiger partial charge on any atom is 0.321 e. The molecule has 0 radical (unpaired) electrons. The zero-order valence-corrected chi connectivity index (χ0v) is 15.5. The molecule has 24 heavy (non-hydrogen) atoms. The predicted molar refractivity (Wildman–Crippen MR) is 97.8 cm³/mol. The molecule has 0 aliphatic heterocycles. The van der Waals surface area contributed by atoms with Crippen LogP contribution in [-0.2, 0) is 11.2 Å². The van der Waals surface area contributed by atoms with E-state index in [9.17, 15) is 9.59 Å². The monoisotopic (exact) mass is 333 g/mol. The molecule has 3 amide bonds. The molecule has 0 fully saturated rings. The van der Waals surface area contributed by atoms with Crippen LogP contribution in [-0.4, -0.2) is 24.5 Å². The van der Waals surface area contributed by atoms with E-state index in [1.54, 1.807) is 0 Å². The Morgan fingerprint density at radius 2 is 1.67 bits per heavy atom. The molecule has 134 valence electrons. The van der Waals surface area contributed by atoms with Gasteiger partial charge in [0.25, 0.3) is 0 Å². The van der Waals surface area contributed by atoms with Gasteiger partial charge < -0.3 is 10.6 Å². The van der Waals surface area contributed by atoms with Crippen LogP contribution in [0.3, 0.4) is 0 Å². The van der Waals surface area contributed by atoms with Gasteiger partial charge in [-0.1, -0.05) is 52.0 Å². The number of hydrogen-bond donors (Lipinski definition) is 3. The molecule has 0 unspecified atom stereocenters. The lowest BCUT2D eigenvalue weighted by atomic mass is 9.95. The fraction of sp³-hybridized carbons (Fsp3) is 0.579. The average molecular weight is 333 g/mol. The maximum absolute atomic E-state index is 11.9. The van der Waals surface area contributed by atoms with E-state index in [4.69, 9.17) is 0 Å². The SMILES string of the molecule is CCc1ccc([C@@H](NCC(=O)NC(=O)N[C@H](C)CC)C(C)C)cc1. The Morgan fingerprint density at radius 3 is 2.17 bits per heavy atom. The molecule has 0 spiro atoms. The van der Waals surface area contributed by atoms with Crippen LogP contribution in [0.4, 0.5) is 4.79 Å². The van der Waals surface area contributed by atoms with E-state index in [0.717, 1.165) is 18.4 Å². The summed E-state index contributed by atoms with van der Waals surface area (Å²) >= 11 is 0. The van der Waals surface area contributed by atoms with Gasteiger partial charge >= 0.3 is 6.03 Å². The number of amides is 3. The molecule has 2 atom stereocenters. The number of aryl methyl sites for hydroxylation is 1. The van der Waals surface area contributed by atoms with Crippen LogP contribution in [0.15, 0.2) is 24.3 Å². The standard InChI is InChI=1S/C19H31N3O2/c1-6-14(5)21-19(24)22-17(23)12-20-18(13(3)4)16-10-8-15(7-2)9-11-16/h8-11,13-14,18,20H,6-7,12H2,1-5H3,(H2,21,22,23,24)/t14-,18+/m1/s1. The van der Waals surface area contributed by atoms with Crippen LogP contribution in [0.25, 0.3) is 0 Å². The second kappa shape index (κ2) is 10.1. The van der Waals surface area contributed by atoms with Gasteiger partial charge in [0.15, 0.2) is 0 Å². The molecule has 0 aliphatic rings. The van der Waals surface area contributed by atoms with Crippen molar-refractivity contribution in [2.24, 2.45) is 5.92 Å². The minimum absolute atomic E-state index is 0.0475. The van der Waals surface area contributed by atoms with Gasteiger partial charge in [0.05, 0.1) is 6.54 Å². The van der Waals surface area contributed by atoms with E-state index >= 15 is 0 Å². The molecule has 1 aromatic rings. The van der Waals surface area contributed by atoms with Crippen LogP contribution >= 0.6 is 0 Å². The van der Waals surface area contributed by atoms with Gasteiger partial charge in [0.2, 0.25) is 5.91 Å². The van der Waals surface area contributed by atoms with E-state index in [0.29, 0.717) is 5.92 Å². The molecular formula is C19H31N3O2. The third kappa shape index (κ3) is 6.71. The minimum atomic E-state index is -0.440. The van der Waals surface area contributed by atoms with Gasteiger partial charge in [-0.25, -0.2) is 4.79 Å². The van der Waals surface area contributed by atoms with Crippen molar-refractivity contribution in [3.63, 3.8) is 0 Å². The van der Waals surface area contributed by atoms with E-state index in [1.807, 2.05) is 13.8 Å².